The third-order valence-corrected chi connectivity index (χ3v) is 5.21. The van der Waals surface area contributed by atoms with Crippen LogP contribution in [-0.2, 0) is 0 Å². The number of hydrogen-bond donors (Lipinski definition) is 3. The lowest BCUT2D eigenvalue weighted by Crippen LogP contribution is -2.32. The van der Waals surface area contributed by atoms with Gasteiger partial charge in [-0.3, -0.25) is 4.99 Å². The van der Waals surface area contributed by atoms with Crippen LogP contribution in [0.25, 0.3) is 0 Å². The average molecular weight is 350 g/mol. The molecule has 4 N–H and O–H groups in total. The van der Waals surface area contributed by atoms with Crippen molar-refractivity contribution < 1.29 is 0 Å². The van der Waals surface area contributed by atoms with Crippen molar-refractivity contribution in [2.24, 2.45) is 22.6 Å². The number of hydrogen-bond acceptors (Lipinski definition) is 7. The zero-order valence-electron chi connectivity index (χ0n) is 14.0. The first-order valence-corrected chi connectivity index (χ1v) is 8.57. The van der Waals surface area contributed by atoms with E-state index in [2.05, 4.69) is 37.5 Å². The van der Waals surface area contributed by atoms with Crippen molar-refractivity contribution >= 4 is 29.6 Å². The molecule has 130 valence electrons. The maximum atomic E-state index is 6.35. The van der Waals surface area contributed by atoms with Crippen molar-refractivity contribution in [2.75, 3.05) is 37.4 Å². The quantitative estimate of drug-likeness (QED) is 0.697. The van der Waals surface area contributed by atoms with Gasteiger partial charge in [0.25, 0.3) is 0 Å². The van der Waals surface area contributed by atoms with E-state index in [1.165, 1.54) is 19.0 Å². The summed E-state index contributed by atoms with van der Waals surface area (Å²) in [6, 6.07) is 0.462. The number of rotatable bonds is 5. The summed E-state index contributed by atoms with van der Waals surface area (Å²) in [7, 11) is 3.74. The second kappa shape index (κ2) is 7.36. The molecule has 0 bridgehead atoms. The largest absolute Gasteiger partial charge is 0.403 e. The van der Waals surface area contributed by atoms with E-state index >= 15 is 0 Å². The van der Waals surface area contributed by atoms with Gasteiger partial charge in [-0.2, -0.15) is 4.98 Å². The van der Waals surface area contributed by atoms with E-state index in [1.807, 2.05) is 0 Å². The molecular formula is C16H24ClN7. The Morgan fingerprint density at radius 2 is 2.17 bits per heavy atom. The van der Waals surface area contributed by atoms with E-state index in [9.17, 15) is 0 Å². The summed E-state index contributed by atoms with van der Waals surface area (Å²) in [6.07, 6.45) is 7.02. The Balaban J connectivity index is 1.76. The Morgan fingerprint density at radius 1 is 1.46 bits per heavy atom. The second-order valence-electron chi connectivity index (χ2n) is 6.41. The van der Waals surface area contributed by atoms with Crippen LogP contribution in [0, 0.1) is 11.8 Å². The minimum atomic E-state index is 0.456. The van der Waals surface area contributed by atoms with Gasteiger partial charge in [0.1, 0.15) is 5.02 Å². The van der Waals surface area contributed by atoms with Crippen molar-refractivity contribution in [3.8, 4) is 0 Å². The van der Waals surface area contributed by atoms with Crippen LogP contribution in [0.4, 0.5) is 11.8 Å². The number of allylic oxidation sites excluding steroid dienone is 1. The van der Waals surface area contributed by atoms with Gasteiger partial charge in [-0.05, 0) is 37.8 Å². The van der Waals surface area contributed by atoms with Crippen molar-refractivity contribution in [3.63, 3.8) is 0 Å². The smallest absolute Gasteiger partial charge is 0.229 e. The number of nitrogens with two attached hydrogens (primary N) is 1. The van der Waals surface area contributed by atoms with Crippen LogP contribution in [0.1, 0.15) is 12.8 Å². The summed E-state index contributed by atoms with van der Waals surface area (Å²) < 4.78 is 0. The first kappa shape index (κ1) is 17.0. The summed E-state index contributed by atoms with van der Waals surface area (Å²) in [5.74, 6) is 2.74. The lowest BCUT2D eigenvalue weighted by molar-refractivity contribution is 0.494. The molecule has 3 rings (SSSR count). The van der Waals surface area contributed by atoms with Crippen LogP contribution in [0.5, 0.6) is 0 Å². The Hall–Kier alpha value is -1.86. The molecule has 0 spiro atoms. The molecule has 1 aliphatic heterocycles. The van der Waals surface area contributed by atoms with Crippen LogP contribution >= 0.6 is 11.6 Å². The fourth-order valence-corrected chi connectivity index (χ4v) is 3.90. The number of halogens is 1. The lowest BCUT2D eigenvalue weighted by atomic mass is 10.0. The van der Waals surface area contributed by atoms with E-state index in [0.29, 0.717) is 22.7 Å². The Bertz CT molecular complexity index is 633. The highest BCUT2D eigenvalue weighted by molar-refractivity contribution is 6.32. The summed E-state index contributed by atoms with van der Waals surface area (Å²) in [6.45, 7) is 2.25. The zero-order chi connectivity index (χ0) is 17.1. The van der Waals surface area contributed by atoms with Gasteiger partial charge >= 0.3 is 0 Å². The van der Waals surface area contributed by atoms with Crippen LogP contribution in [0.15, 0.2) is 23.1 Å². The SMILES string of the molecule is CN=CC(=CN)Nc1ncc(Cl)c(N(C)C2CC3CNCC3C2)n1. The van der Waals surface area contributed by atoms with E-state index in [1.54, 1.807) is 19.5 Å². The van der Waals surface area contributed by atoms with Crippen LogP contribution in [-0.4, -0.2) is 49.4 Å². The van der Waals surface area contributed by atoms with E-state index in [4.69, 9.17) is 17.3 Å². The van der Waals surface area contributed by atoms with Crippen molar-refractivity contribution in [3.05, 3.63) is 23.1 Å². The maximum Gasteiger partial charge on any atom is 0.229 e. The highest BCUT2D eigenvalue weighted by Gasteiger charge is 2.39. The summed E-state index contributed by atoms with van der Waals surface area (Å²) in [5, 5.41) is 7.08. The molecule has 24 heavy (non-hydrogen) atoms. The molecule has 2 heterocycles. The molecule has 2 atom stereocenters. The third-order valence-electron chi connectivity index (χ3n) is 4.94. The second-order valence-corrected chi connectivity index (χ2v) is 6.82. The summed E-state index contributed by atoms with van der Waals surface area (Å²) >= 11 is 6.35. The predicted molar refractivity (Wildman–Crippen MR) is 98.6 cm³/mol. The van der Waals surface area contributed by atoms with Gasteiger partial charge in [0, 0.05) is 32.6 Å². The number of nitrogens with zero attached hydrogens (tertiary/aromatic N) is 4. The highest BCUT2D eigenvalue weighted by atomic mass is 35.5. The topological polar surface area (TPSA) is 91.5 Å². The molecule has 1 aromatic heterocycles. The van der Waals surface area contributed by atoms with Gasteiger partial charge in [-0.15, -0.1) is 0 Å². The Labute approximate surface area is 147 Å². The van der Waals surface area contributed by atoms with E-state index in [-0.39, 0.29) is 0 Å². The predicted octanol–water partition coefficient (Wildman–Crippen LogP) is 1.48. The standard InChI is InChI=1S/C16H24ClN7/c1-19-8-12(5-18)22-16-21-9-14(17)15(23-16)24(2)13-3-10-6-20-7-11(10)4-13/h5,8-11,13,20H,3-4,6-7,18H2,1-2H3,(H,21,22,23). The molecule has 2 fully saturated rings. The molecular weight excluding hydrogens is 326 g/mol. The van der Waals surface area contributed by atoms with Gasteiger partial charge in [0.05, 0.1) is 11.9 Å². The minimum Gasteiger partial charge on any atom is -0.403 e. The molecule has 8 heteroatoms. The number of anilines is 2. The molecule has 0 radical (unpaired) electrons. The zero-order valence-corrected chi connectivity index (χ0v) is 14.8. The number of aliphatic imine (C=N–C) groups is 1. The maximum absolute atomic E-state index is 6.35. The van der Waals surface area contributed by atoms with Gasteiger partial charge < -0.3 is 21.3 Å². The Morgan fingerprint density at radius 3 is 2.79 bits per heavy atom. The third kappa shape index (κ3) is 3.47. The van der Waals surface area contributed by atoms with Gasteiger partial charge in [0.15, 0.2) is 5.82 Å². The lowest BCUT2D eigenvalue weighted by Gasteiger charge is -2.27. The molecule has 1 aromatic rings. The number of aromatic nitrogens is 2. The van der Waals surface area contributed by atoms with Crippen molar-refractivity contribution in [2.45, 2.75) is 18.9 Å². The minimum absolute atomic E-state index is 0.456. The molecule has 1 aliphatic carbocycles. The van der Waals surface area contributed by atoms with Crippen molar-refractivity contribution in [1.82, 2.24) is 15.3 Å². The number of fused-ring (bicyclic) bond motifs is 1. The van der Waals surface area contributed by atoms with Gasteiger partial charge in [0.2, 0.25) is 5.95 Å². The van der Waals surface area contributed by atoms with Crippen molar-refractivity contribution in [1.29, 1.82) is 0 Å². The highest BCUT2D eigenvalue weighted by Crippen LogP contribution is 2.39. The molecule has 1 saturated carbocycles. The molecule has 7 nitrogen and oxygen atoms in total. The summed E-state index contributed by atoms with van der Waals surface area (Å²) in [5.41, 5.74) is 6.21. The molecule has 0 amide bonds. The summed E-state index contributed by atoms with van der Waals surface area (Å²) in [4.78, 5) is 14.9. The van der Waals surface area contributed by atoms with Crippen LogP contribution in [0.2, 0.25) is 5.02 Å². The van der Waals surface area contributed by atoms with E-state index in [0.717, 1.165) is 30.7 Å². The van der Waals surface area contributed by atoms with Crippen LogP contribution < -0.4 is 21.3 Å². The van der Waals surface area contributed by atoms with Gasteiger partial charge in [-0.1, -0.05) is 11.6 Å². The fourth-order valence-electron chi connectivity index (χ4n) is 3.67. The number of nitrogens with one attached hydrogen (secondary N) is 2. The van der Waals surface area contributed by atoms with E-state index < -0.39 is 0 Å². The average Bonchev–Trinajstić information content (AvgIpc) is 3.17. The molecule has 1 saturated heterocycles. The van der Waals surface area contributed by atoms with Crippen LogP contribution in [0.3, 0.4) is 0 Å². The molecule has 0 aromatic carbocycles. The monoisotopic (exact) mass is 349 g/mol. The first-order chi connectivity index (χ1) is 11.6. The normalized spacial score (nSPS) is 26.8. The first-order valence-electron chi connectivity index (χ1n) is 8.19. The fraction of sp³-hybridized carbons (Fsp3) is 0.562. The molecule has 2 unspecified atom stereocenters. The Kier molecular flexibility index (Phi) is 5.20. The molecule has 2 aliphatic rings. The van der Waals surface area contributed by atoms with Gasteiger partial charge in [-0.25, -0.2) is 4.98 Å².